The molecule has 1 aliphatic rings. The van der Waals surface area contributed by atoms with E-state index in [0.29, 0.717) is 23.8 Å². The maximum absolute atomic E-state index is 14.0. The van der Waals surface area contributed by atoms with Crippen molar-refractivity contribution < 1.29 is 18.3 Å². The number of benzene rings is 1. The summed E-state index contributed by atoms with van der Waals surface area (Å²) in [6.07, 6.45) is 1.59. The number of morpholine rings is 1. The van der Waals surface area contributed by atoms with Crippen LogP contribution < -0.4 is 10.2 Å². The van der Waals surface area contributed by atoms with Crippen LogP contribution in [0.25, 0.3) is 10.6 Å². The van der Waals surface area contributed by atoms with Crippen molar-refractivity contribution >= 4 is 39.5 Å². The molecule has 28 heavy (non-hydrogen) atoms. The maximum atomic E-state index is 14.0. The molecule has 2 aromatic heterocycles. The number of thiazole rings is 1. The lowest BCUT2D eigenvalue weighted by Crippen LogP contribution is -2.36. The molecule has 1 aromatic carbocycles. The number of nitrogens with zero attached hydrogens (tertiary/aromatic N) is 3. The molecule has 4 rings (SSSR count). The van der Waals surface area contributed by atoms with E-state index in [0.717, 1.165) is 29.4 Å². The number of carbonyl (C=O) groups excluding carboxylic acids is 1. The molecule has 6 nitrogen and oxygen atoms in total. The molecule has 0 atom stereocenters. The normalized spacial score (nSPS) is 14.3. The van der Waals surface area contributed by atoms with Gasteiger partial charge >= 0.3 is 0 Å². The lowest BCUT2D eigenvalue weighted by Gasteiger charge is -2.27. The van der Waals surface area contributed by atoms with Crippen molar-refractivity contribution in [2.45, 2.75) is 6.92 Å². The van der Waals surface area contributed by atoms with Gasteiger partial charge in [0, 0.05) is 18.0 Å². The summed E-state index contributed by atoms with van der Waals surface area (Å²) in [6.45, 7) is 4.38. The van der Waals surface area contributed by atoms with Gasteiger partial charge in [-0.3, -0.25) is 4.79 Å². The van der Waals surface area contributed by atoms with Crippen molar-refractivity contribution in [3.63, 3.8) is 0 Å². The van der Waals surface area contributed by atoms with Crippen LogP contribution in [0.3, 0.4) is 0 Å². The van der Waals surface area contributed by atoms with Crippen LogP contribution in [0.2, 0.25) is 0 Å². The largest absolute Gasteiger partial charge is 0.378 e. The van der Waals surface area contributed by atoms with Gasteiger partial charge in [0.2, 0.25) is 0 Å². The van der Waals surface area contributed by atoms with Crippen LogP contribution in [0.15, 0.2) is 24.4 Å². The Bertz CT molecular complexity index is 995. The Balaban J connectivity index is 1.59. The molecule has 1 N–H and O–H groups in total. The molecule has 1 saturated heterocycles. The molecule has 0 saturated carbocycles. The molecule has 1 amide bonds. The van der Waals surface area contributed by atoms with Crippen molar-refractivity contribution in [1.29, 1.82) is 0 Å². The highest BCUT2D eigenvalue weighted by atomic mass is 32.1. The summed E-state index contributed by atoms with van der Waals surface area (Å²) in [7, 11) is 0. The minimum absolute atomic E-state index is 0.134. The van der Waals surface area contributed by atoms with Gasteiger partial charge in [-0.25, -0.2) is 13.8 Å². The van der Waals surface area contributed by atoms with Gasteiger partial charge in [-0.1, -0.05) is 6.07 Å². The van der Waals surface area contributed by atoms with Gasteiger partial charge in [0.05, 0.1) is 30.7 Å². The summed E-state index contributed by atoms with van der Waals surface area (Å²) in [4.78, 5) is 19.6. The van der Waals surface area contributed by atoms with E-state index < -0.39 is 17.5 Å². The van der Waals surface area contributed by atoms with Gasteiger partial charge in [0.25, 0.3) is 5.91 Å². The monoisotopic (exact) mass is 422 g/mol. The SMILES string of the molecule is Cc1sc(-c2c(F)cccc2F)nc1C(=O)Nc1cnsc1N1CCOCC1. The first-order chi connectivity index (χ1) is 13.5. The van der Waals surface area contributed by atoms with Gasteiger partial charge in [-0.05, 0) is 30.6 Å². The Labute approximate surface area is 168 Å². The molecule has 0 bridgehead atoms. The topological polar surface area (TPSA) is 67.4 Å². The number of carbonyl (C=O) groups is 1. The van der Waals surface area contributed by atoms with Gasteiger partial charge in [0.1, 0.15) is 27.3 Å². The summed E-state index contributed by atoms with van der Waals surface area (Å²) in [5.74, 6) is -1.86. The Morgan fingerprint density at radius 3 is 2.68 bits per heavy atom. The summed E-state index contributed by atoms with van der Waals surface area (Å²) >= 11 is 2.37. The predicted molar refractivity (Wildman–Crippen MR) is 105 cm³/mol. The molecule has 146 valence electrons. The molecule has 1 fully saturated rings. The first kappa shape index (κ1) is 18.9. The lowest BCUT2D eigenvalue weighted by molar-refractivity contribution is 0.102. The van der Waals surface area contributed by atoms with E-state index in [4.69, 9.17) is 4.74 Å². The van der Waals surface area contributed by atoms with Crippen molar-refractivity contribution in [3.8, 4) is 10.6 Å². The van der Waals surface area contributed by atoms with Crippen LogP contribution in [0.4, 0.5) is 19.5 Å². The predicted octanol–water partition coefficient (Wildman–Crippen LogP) is 3.94. The van der Waals surface area contributed by atoms with Crippen molar-refractivity contribution in [1.82, 2.24) is 9.36 Å². The molecule has 3 aromatic rings. The average Bonchev–Trinajstić information content (AvgIpc) is 3.29. The van der Waals surface area contributed by atoms with Crippen LogP contribution >= 0.6 is 22.9 Å². The lowest BCUT2D eigenvalue weighted by atomic mass is 10.2. The number of hydrogen-bond donors (Lipinski definition) is 1. The molecule has 0 radical (unpaired) electrons. The number of amides is 1. The Hall–Kier alpha value is -2.43. The van der Waals surface area contributed by atoms with Gasteiger partial charge in [-0.15, -0.1) is 11.3 Å². The third kappa shape index (κ3) is 3.62. The fraction of sp³-hybridized carbons (Fsp3) is 0.278. The summed E-state index contributed by atoms with van der Waals surface area (Å²) < 4.78 is 37.6. The standard InChI is InChI=1S/C18H16F2N4O2S2/c1-10-15(23-17(27-10)14-11(19)3-2-4-12(14)20)16(25)22-13-9-21-28-18(13)24-5-7-26-8-6-24/h2-4,9H,5-8H2,1H3,(H,22,25). The molecule has 0 aliphatic carbocycles. The Kier molecular flexibility index (Phi) is 5.33. The van der Waals surface area contributed by atoms with Gasteiger partial charge in [0.15, 0.2) is 0 Å². The highest BCUT2D eigenvalue weighted by Crippen LogP contribution is 2.34. The first-order valence-corrected chi connectivity index (χ1v) is 10.1. The molecule has 0 unspecified atom stereocenters. The fourth-order valence-corrected chi connectivity index (χ4v) is 4.63. The Morgan fingerprint density at radius 1 is 1.25 bits per heavy atom. The van der Waals surface area contributed by atoms with Crippen LogP contribution in [0.5, 0.6) is 0 Å². The zero-order valence-electron chi connectivity index (χ0n) is 14.9. The molecule has 0 spiro atoms. The maximum Gasteiger partial charge on any atom is 0.275 e. The number of aryl methyl sites for hydroxylation is 1. The molecule has 10 heteroatoms. The zero-order chi connectivity index (χ0) is 19.7. The molecule has 3 heterocycles. The Morgan fingerprint density at radius 2 is 1.96 bits per heavy atom. The molecular formula is C18H16F2N4O2S2. The fourth-order valence-electron chi connectivity index (χ4n) is 2.91. The van der Waals surface area contributed by atoms with Gasteiger partial charge in [-0.2, -0.15) is 4.37 Å². The van der Waals surface area contributed by atoms with E-state index in [2.05, 4.69) is 19.6 Å². The summed E-state index contributed by atoms with van der Waals surface area (Å²) in [5, 5.41) is 3.81. The second-order valence-electron chi connectivity index (χ2n) is 6.12. The van der Waals surface area contributed by atoms with Crippen LogP contribution in [0, 0.1) is 18.6 Å². The number of rotatable bonds is 4. The third-order valence-corrected chi connectivity index (χ3v) is 6.14. The minimum atomic E-state index is -0.711. The number of aromatic nitrogens is 2. The van der Waals surface area contributed by atoms with E-state index in [9.17, 15) is 13.6 Å². The minimum Gasteiger partial charge on any atom is -0.378 e. The van der Waals surface area contributed by atoms with Crippen molar-refractivity contribution in [2.24, 2.45) is 0 Å². The third-order valence-electron chi connectivity index (χ3n) is 4.29. The van der Waals surface area contributed by atoms with E-state index in [-0.39, 0.29) is 16.3 Å². The van der Waals surface area contributed by atoms with E-state index in [1.807, 2.05) is 0 Å². The average molecular weight is 422 g/mol. The van der Waals surface area contributed by atoms with Gasteiger partial charge < -0.3 is 15.0 Å². The number of ether oxygens (including phenoxy) is 1. The van der Waals surface area contributed by atoms with Crippen LogP contribution in [-0.4, -0.2) is 41.6 Å². The number of anilines is 2. The smallest absolute Gasteiger partial charge is 0.275 e. The first-order valence-electron chi connectivity index (χ1n) is 8.55. The zero-order valence-corrected chi connectivity index (χ0v) is 16.5. The second kappa shape index (κ2) is 7.90. The van der Waals surface area contributed by atoms with E-state index in [1.165, 1.54) is 29.7 Å². The van der Waals surface area contributed by atoms with Crippen LogP contribution in [-0.2, 0) is 4.74 Å². The van der Waals surface area contributed by atoms with E-state index >= 15 is 0 Å². The van der Waals surface area contributed by atoms with Crippen molar-refractivity contribution in [2.75, 3.05) is 36.5 Å². The van der Waals surface area contributed by atoms with E-state index in [1.54, 1.807) is 13.1 Å². The number of hydrogen-bond acceptors (Lipinski definition) is 7. The molecular weight excluding hydrogens is 406 g/mol. The number of nitrogens with one attached hydrogen (secondary N) is 1. The highest BCUT2D eigenvalue weighted by Gasteiger charge is 2.23. The summed E-state index contributed by atoms with van der Waals surface area (Å²) in [5.41, 5.74) is 0.505. The van der Waals surface area contributed by atoms with Crippen molar-refractivity contribution in [3.05, 3.63) is 46.6 Å². The number of halogens is 2. The molecule has 1 aliphatic heterocycles. The van der Waals surface area contributed by atoms with Crippen LogP contribution in [0.1, 0.15) is 15.4 Å². The summed E-state index contributed by atoms with van der Waals surface area (Å²) in [6, 6.07) is 3.63. The quantitative estimate of drug-likeness (QED) is 0.690. The highest BCUT2D eigenvalue weighted by molar-refractivity contribution is 7.15. The second-order valence-corrected chi connectivity index (χ2v) is 8.10.